The number of benzene rings is 1. The second kappa shape index (κ2) is 7.03. The van der Waals surface area contributed by atoms with Crippen LogP contribution in [0.2, 0.25) is 0 Å². The molecule has 9 nitrogen and oxygen atoms in total. The molecule has 0 unspecified atom stereocenters. The summed E-state index contributed by atoms with van der Waals surface area (Å²) in [5.74, 6) is -1.18. The van der Waals surface area contributed by atoms with Crippen molar-refractivity contribution in [2.75, 3.05) is 0 Å². The Labute approximate surface area is 148 Å². The molecule has 0 bridgehead atoms. The Morgan fingerprint density at radius 3 is 2.46 bits per heavy atom. The molecule has 0 aliphatic heterocycles. The van der Waals surface area contributed by atoms with E-state index in [1.54, 1.807) is 0 Å². The van der Waals surface area contributed by atoms with Crippen molar-refractivity contribution in [1.29, 1.82) is 0 Å². The quantitative estimate of drug-likeness (QED) is 0.438. The molecule has 4 N–H and O–H groups in total. The Hall–Kier alpha value is -3.10. The molecular weight excluding hydrogens is 340 g/mol. The fourth-order valence-corrected chi connectivity index (χ4v) is 3.51. The molecule has 2 aromatic rings. The number of carbonyl (C=O) groups excluding carboxylic acids is 2. The van der Waals surface area contributed by atoms with Gasteiger partial charge in [0, 0.05) is 23.6 Å². The van der Waals surface area contributed by atoms with Crippen LogP contribution in [0.15, 0.2) is 18.2 Å². The van der Waals surface area contributed by atoms with Gasteiger partial charge in [-0.15, -0.1) is 0 Å². The van der Waals surface area contributed by atoms with Gasteiger partial charge in [0.25, 0.3) is 11.6 Å². The number of nitrogens with zero attached hydrogens (tertiary/aromatic N) is 2. The van der Waals surface area contributed by atoms with Crippen molar-refractivity contribution in [2.45, 2.75) is 44.6 Å². The summed E-state index contributed by atoms with van der Waals surface area (Å²) >= 11 is 0. The number of rotatable bonds is 3. The predicted octanol–water partition coefficient (Wildman–Crippen LogP) is 2.63. The molecule has 1 aromatic heterocycles. The van der Waals surface area contributed by atoms with Crippen molar-refractivity contribution in [3.63, 3.8) is 0 Å². The first-order valence-corrected chi connectivity index (χ1v) is 8.52. The monoisotopic (exact) mass is 360 g/mol. The van der Waals surface area contributed by atoms with E-state index in [9.17, 15) is 24.8 Å². The van der Waals surface area contributed by atoms with Gasteiger partial charge in [-0.1, -0.05) is 25.7 Å². The second-order valence-electron chi connectivity index (χ2n) is 6.49. The van der Waals surface area contributed by atoms with Crippen LogP contribution in [0.4, 0.5) is 10.5 Å². The molecule has 1 fully saturated rings. The number of hydrogen-bond acceptors (Lipinski definition) is 5. The highest BCUT2D eigenvalue weighted by molar-refractivity contribution is 6.12. The minimum atomic E-state index is -0.977. The van der Waals surface area contributed by atoms with Crippen LogP contribution in [0.5, 0.6) is 5.88 Å². The first-order valence-electron chi connectivity index (χ1n) is 8.52. The summed E-state index contributed by atoms with van der Waals surface area (Å²) in [4.78, 5) is 34.9. The molecule has 9 heteroatoms. The number of nitrogens with one attached hydrogen (secondary N) is 1. The fraction of sp³-hybridized carbons (Fsp3) is 0.412. The van der Waals surface area contributed by atoms with Gasteiger partial charge in [-0.3, -0.25) is 14.9 Å². The molecule has 1 aromatic carbocycles. The van der Waals surface area contributed by atoms with Gasteiger partial charge in [-0.25, -0.2) is 9.36 Å². The third-order valence-electron chi connectivity index (χ3n) is 4.77. The third-order valence-corrected chi connectivity index (χ3v) is 4.77. The summed E-state index contributed by atoms with van der Waals surface area (Å²) in [7, 11) is 0. The van der Waals surface area contributed by atoms with Crippen LogP contribution < -0.4 is 11.1 Å². The average molecular weight is 360 g/mol. The number of nitro groups is 1. The van der Waals surface area contributed by atoms with Gasteiger partial charge < -0.3 is 16.2 Å². The van der Waals surface area contributed by atoms with Crippen molar-refractivity contribution >= 4 is 28.5 Å². The van der Waals surface area contributed by atoms with Crippen LogP contribution >= 0.6 is 0 Å². The van der Waals surface area contributed by atoms with Crippen LogP contribution in [0.25, 0.3) is 10.9 Å². The highest BCUT2D eigenvalue weighted by Crippen LogP contribution is 2.33. The Morgan fingerprint density at radius 1 is 1.23 bits per heavy atom. The largest absolute Gasteiger partial charge is 0.494 e. The van der Waals surface area contributed by atoms with Crippen LogP contribution in [-0.2, 0) is 0 Å². The maximum atomic E-state index is 12.8. The molecule has 0 radical (unpaired) electrons. The van der Waals surface area contributed by atoms with Gasteiger partial charge in [-0.05, 0) is 18.9 Å². The van der Waals surface area contributed by atoms with Gasteiger partial charge in [-0.2, -0.15) is 0 Å². The van der Waals surface area contributed by atoms with Gasteiger partial charge in [0.2, 0.25) is 5.88 Å². The fourth-order valence-electron chi connectivity index (χ4n) is 3.51. The Kier molecular flexibility index (Phi) is 4.79. The van der Waals surface area contributed by atoms with Crippen molar-refractivity contribution in [3.05, 3.63) is 33.9 Å². The number of nitrogens with two attached hydrogens (primary N) is 1. The maximum Gasteiger partial charge on any atom is 0.326 e. The maximum absolute atomic E-state index is 12.8. The van der Waals surface area contributed by atoms with E-state index in [0.29, 0.717) is 0 Å². The highest BCUT2D eigenvalue weighted by Gasteiger charge is 2.27. The average Bonchev–Trinajstić information content (AvgIpc) is 2.72. The number of carbonyl (C=O) groups is 2. The number of primary amides is 1. The summed E-state index contributed by atoms with van der Waals surface area (Å²) < 4.78 is 0.779. The first kappa shape index (κ1) is 17.7. The van der Waals surface area contributed by atoms with Gasteiger partial charge in [0.1, 0.15) is 5.56 Å². The number of amides is 2. The molecule has 0 saturated heterocycles. The van der Waals surface area contributed by atoms with E-state index in [0.717, 1.165) is 49.2 Å². The number of hydrogen-bond donors (Lipinski definition) is 3. The minimum Gasteiger partial charge on any atom is -0.494 e. The topological polar surface area (TPSA) is 140 Å². The van der Waals surface area contributed by atoms with Gasteiger partial charge in [0.05, 0.1) is 10.4 Å². The number of aromatic hydroxyl groups is 1. The standard InChI is InChI=1S/C17H20N4O5/c18-17(24)20-13-8-7-11(21(25)26)9-12(13)14(16(20)23)15(22)19-10-5-3-1-2-4-6-10/h7-10,23H,1-6H2,(H2,18,24)(H,19,22). The van der Waals surface area contributed by atoms with E-state index >= 15 is 0 Å². The Balaban J connectivity index is 2.06. The SMILES string of the molecule is NC(=O)n1c(O)c(C(=O)NC2CCCCCC2)c2cc([N+](=O)[O-])ccc21. The van der Waals surface area contributed by atoms with Gasteiger partial charge in [0.15, 0.2) is 0 Å². The van der Waals surface area contributed by atoms with Crippen molar-refractivity contribution in [3.8, 4) is 5.88 Å². The first-order chi connectivity index (χ1) is 12.4. The zero-order chi connectivity index (χ0) is 18.8. The van der Waals surface area contributed by atoms with Crippen molar-refractivity contribution in [1.82, 2.24) is 9.88 Å². The number of fused-ring (bicyclic) bond motifs is 1. The van der Waals surface area contributed by atoms with E-state index in [1.165, 1.54) is 12.1 Å². The van der Waals surface area contributed by atoms with Crippen LogP contribution in [-0.4, -0.2) is 32.6 Å². The number of aromatic nitrogens is 1. The molecule has 2 amide bonds. The lowest BCUT2D eigenvalue weighted by atomic mass is 10.1. The minimum absolute atomic E-state index is 0.0323. The molecular formula is C17H20N4O5. The van der Waals surface area contributed by atoms with Crippen molar-refractivity contribution < 1.29 is 19.6 Å². The van der Waals surface area contributed by atoms with Gasteiger partial charge >= 0.3 is 6.03 Å². The normalized spacial score (nSPS) is 15.5. The lowest BCUT2D eigenvalue weighted by Crippen LogP contribution is -2.34. The Morgan fingerprint density at radius 2 is 1.88 bits per heavy atom. The van der Waals surface area contributed by atoms with E-state index in [-0.39, 0.29) is 28.2 Å². The summed E-state index contributed by atoms with van der Waals surface area (Å²) in [6, 6.07) is 2.63. The predicted molar refractivity (Wildman–Crippen MR) is 94.2 cm³/mol. The van der Waals surface area contributed by atoms with Crippen LogP contribution in [0, 0.1) is 10.1 Å². The summed E-state index contributed by atoms with van der Waals surface area (Å²) in [6.45, 7) is 0. The molecule has 0 spiro atoms. The molecule has 1 aliphatic carbocycles. The summed E-state index contributed by atoms with van der Waals surface area (Å²) in [5.41, 5.74) is 5.02. The van der Waals surface area contributed by atoms with Crippen LogP contribution in [0.3, 0.4) is 0 Å². The van der Waals surface area contributed by atoms with Crippen molar-refractivity contribution in [2.24, 2.45) is 5.73 Å². The molecule has 0 atom stereocenters. The molecule has 138 valence electrons. The number of non-ortho nitro benzene ring substituents is 1. The summed E-state index contributed by atoms with van der Waals surface area (Å²) in [6.07, 6.45) is 5.91. The molecule has 1 saturated carbocycles. The van der Waals surface area contributed by atoms with E-state index < -0.39 is 22.7 Å². The molecule has 26 heavy (non-hydrogen) atoms. The number of nitro benzene ring substituents is 1. The molecule has 3 rings (SSSR count). The highest BCUT2D eigenvalue weighted by atomic mass is 16.6. The third kappa shape index (κ3) is 3.19. The zero-order valence-corrected chi connectivity index (χ0v) is 14.1. The lowest BCUT2D eigenvalue weighted by molar-refractivity contribution is -0.384. The van der Waals surface area contributed by atoms with E-state index in [1.807, 2.05) is 0 Å². The van der Waals surface area contributed by atoms with Crippen LogP contribution in [0.1, 0.15) is 48.9 Å². The van der Waals surface area contributed by atoms with E-state index in [4.69, 9.17) is 5.73 Å². The zero-order valence-electron chi connectivity index (χ0n) is 14.1. The second-order valence-corrected chi connectivity index (χ2v) is 6.49. The Bertz CT molecular complexity index is 881. The molecule has 1 heterocycles. The lowest BCUT2D eigenvalue weighted by Gasteiger charge is -2.16. The smallest absolute Gasteiger partial charge is 0.326 e. The van der Waals surface area contributed by atoms with E-state index in [2.05, 4.69) is 5.32 Å². The molecule has 1 aliphatic rings. The summed E-state index contributed by atoms with van der Waals surface area (Å²) in [5, 5.41) is 24.4.